The molecule has 6 N–H and O–H groups in total. The molecule has 17 heteroatoms. The van der Waals surface area contributed by atoms with Crippen LogP contribution in [0.2, 0.25) is 0 Å². The smallest absolute Gasteiger partial charge is 0.220 e. The van der Waals surface area contributed by atoms with E-state index >= 15 is 4.39 Å². The van der Waals surface area contributed by atoms with E-state index in [2.05, 4.69) is 43.9 Å². The average molecular weight is 735 g/mol. The quantitative estimate of drug-likeness (QED) is 0.127. The molecule has 0 aromatic carbocycles. The summed E-state index contributed by atoms with van der Waals surface area (Å²) in [7, 11) is -0.377. The van der Waals surface area contributed by atoms with Gasteiger partial charge in [-0.05, 0) is 97.1 Å². The Morgan fingerprint density at radius 1 is 1.08 bits per heavy atom. The number of nitrogens with zero attached hydrogens (tertiary/aromatic N) is 2. The van der Waals surface area contributed by atoms with Crippen molar-refractivity contribution in [1.82, 2.24) is 37.0 Å². The highest BCUT2D eigenvalue weighted by molar-refractivity contribution is 8.00. The molecule has 0 bridgehead atoms. The van der Waals surface area contributed by atoms with E-state index in [0.29, 0.717) is 50.5 Å². The lowest BCUT2D eigenvalue weighted by atomic mass is 9.79. The van der Waals surface area contributed by atoms with Gasteiger partial charge in [0.1, 0.15) is 17.8 Å². The third-order valence-electron chi connectivity index (χ3n) is 11.9. The zero-order chi connectivity index (χ0) is 35.5. The van der Waals surface area contributed by atoms with Crippen LogP contribution < -0.4 is 32.1 Å². The Kier molecular flexibility index (Phi) is 13.3. The van der Waals surface area contributed by atoms with Gasteiger partial charge < -0.3 is 10.1 Å². The lowest BCUT2D eigenvalue weighted by Crippen LogP contribution is -2.75. The summed E-state index contributed by atoms with van der Waals surface area (Å²) in [5.41, 5.74) is 6.24. The van der Waals surface area contributed by atoms with Crippen LogP contribution >= 0.6 is 11.8 Å². The number of halogens is 1. The maximum absolute atomic E-state index is 16.1. The van der Waals surface area contributed by atoms with Gasteiger partial charge in [-0.25, -0.2) is 18.2 Å². The third-order valence-corrected chi connectivity index (χ3v) is 16.4. The summed E-state index contributed by atoms with van der Waals surface area (Å²) < 4.78 is 49.1. The van der Waals surface area contributed by atoms with Gasteiger partial charge in [0.15, 0.2) is 9.84 Å². The Hall–Kier alpha value is -1.18. The Balaban J connectivity index is 1.24. The number of alkyl halides is 1. The van der Waals surface area contributed by atoms with Crippen LogP contribution in [0.5, 0.6) is 0 Å². The second-order valence-corrected chi connectivity index (χ2v) is 19.6. The van der Waals surface area contributed by atoms with Crippen molar-refractivity contribution in [3.8, 4) is 0 Å². The van der Waals surface area contributed by atoms with Crippen LogP contribution in [0.3, 0.4) is 0 Å². The fraction of sp³-hybridized carbons (Fsp3) is 0.969. The number of hydrogen-bond donors (Lipinski definition) is 6. The van der Waals surface area contributed by atoms with Crippen molar-refractivity contribution < 1.29 is 27.3 Å². The number of methoxy groups -OCH3 is 1. The molecule has 1 amide bonds. The van der Waals surface area contributed by atoms with Crippen LogP contribution in [0.4, 0.5) is 4.39 Å². The lowest BCUT2D eigenvalue weighted by Gasteiger charge is -2.50. The summed E-state index contributed by atoms with van der Waals surface area (Å²) in [4.78, 5) is 25.6. The standard InChI is InChI=1S/C32H59FN8O6S2/c1-19-15-26(39-38-19)35-29-28(47-5)30(40-13-11-20(12-14-40)16-27(42)34-4)37-31(36-29)48-25-10-9-23(18-24(25)33)49(45,46)32(2,3)21-7-6-8-22(17-21)41(43)44/h19-26,28-31,35-39H,6-18H2,1-5H3,(H,34,42). The molecule has 11 unspecified atom stereocenters. The molecule has 3 heterocycles. The van der Waals surface area contributed by atoms with Crippen LogP contribution in [0.1, 0.15) is 91.4 Å². The van der Waals surface area contributed by atoms with Crippen molar-refractivity contribution in [2.75, 3.05) is 27.2 Å². The van der Waals surface area contributed by atoms with Crippen molar-refractivity contribution in [1.29, 1.82) is 0 Å². The number of sulfone groups is 1. The van der Waals surface area contributed by atoms with Crippen LogP contribution in [0.25, 0.3) is 0 Å². The molecular weight excluding hydrogens is 676 g/mol. The molecule has 3 saturated heterocycles. The molecule has 0 aromatic rings. The summed E-state index contributed by atoms with van der Waals surface area (Å²) in [5, 5.41) is 24.0. The molecule has 5 rings (SSSR count). The van der Waals surface area contributed by atoms with Crippen molar-refractivity contribution in [2.45, 2.75) is 155 Å². The van der Waals surface area contributed by atoms with Gasteiger partial charge in [0.25, 0.3) is 0 Å². The molecule has 0 radical (unpaired) electrons. The van der Waals surface area contributed by atoms with Crippen LogP contribution in [-0.2, 0) is 19.4 Å². The average Bonchev–Trinajstić information content (AvgIpc) is 3.49. The normalized spacial score (nSPS) is 38.7. The number of rotatable bonds is 12. The Labute approximate surface area is 295 Å². The highest BCUT2D eigenvalue weighted by atomic mass is 32.2. The molecule has 3 aliphatic heterocycles. The highest BCUT2D eigenvalue weighted by Crippen LogP contribution is 2.44. The summed E-state index contributed by atoms with van der Waals surface area (Å²) in [6.45, 7) is 7.10. The minimum absolute atomic E-state index is 0.00978. The van der Waals surface area contributed by atoms with E-state index in [1.807, 2.05) is 0 Å². The van der Waals surface area contributed by atoms with Gasteiger partial charge in [0.2, 0.25) is 11.9 Å². The van der Waals surface area contributed by atoms with Crippen LogP contribution in [0.15, 0.2) is 0 Å². The monoisotopic (exact) mass is 734 g/mol. The fourth-order valence-corrected chi connectivity index (χ4v) is 12.5. The van der Waals surface area contributed by atoms with Gasteiger partial charge in [-0.15, -0.1) is 11.8 Å². The van der Waals surface area contributed by atoms with E-state index in [1.54, 1.807) is 28.0 Å². The zero-order valence-electron chi connectivity index (χ0n) is 29.7. The molecule has 2 aliphatic carbocycles. The van der Waals surface area contributed by atoms with Gasteiger partial charge in [-0.1, -0.05) is 0 Å². The van der Waals surface area contributed by atoms with E-state index in [9.17, 15) is 23.3 Å². The van der Waals surface area contributed by atoms with Crippen molar-refractivity contribution in [3.05, 3.63) is 10.1 Å². The first-order valence-corrected chi connectivity index (χ1v) is 20.7. The Morgan fingerprint density at radius 2 is 1.82 bits per heavy atom. The molecule has 282 valence electrons. The second kappa shape index (κ2) is 16.7. The lowest BCUT2D eigenvalue weighted by molar-refractivity contribution is -0.528. The molecule has 5 fully saturated rings. The van der Waals surface area contributed by atoms with Gasteiger partial charge in [-0.2, -0.15) is 0 Å². The summed E-state index contributed by atoms with van der Waals surface area (Å²) in [5.74, 6) is 0.0636. The first-order valence-electron chi connectivity index (χ1n) is 18.2. The molecule has 14 nitrogen and oxygen atoms in total. The zero-order valence-corrected chi connectivity index (χ0v) is 31.3. The number of hydrogen-bond acceptors (Lipinski definition) is 13. The molecule has 5 aliphatic rings. The minimum atomic E-state index is -3.75. The number of amides is 1. The van der Waals surface area contributed by atoms with Crippen molar-refractivity contribution in [3.63, 3.8) is 0 Å². The summed E-state index contributed by atoms with van der Waals surface area (Å²) in [6, 6.07) is -0.417. The maximum atomic E-state index is 16.1. The Morgan fingerprint density at radius 3 is 2.43 bits per heavy atom. The van der Waals surface area contributed by atoms with Gasteiger partial charge in [-0.3, -0.25) is 41.2 Å². The number of nitrogens with one attached hydrogen (secondary N) is 6. The van der Waals surface area contributed by atoms with Crippen molar-refractivity contribution >= 4 is 27.5 Å². The van der Waals surface area contributed by atoms with Gasteiger partial charge >= 0.3 is 0 Å². The number of hydrazine groups is 1. The van der Waals surface area contributed by atoms with Crippen molar-refractivity contribution in [2.24, 2.45) is 11.8 Å². The molecule has 2 saturated carbocycles. The minimum Gasteiger partial charge on any atom is -0.375 e. The number of carbonyl (C=O) groups excluding carboxylic acids is 1. The van der Waals surface area contributed by atoms with Crippen LogP contribution in [-0.4, -0.2) is 115 Å². The topological polar surface area (TPSA) is 179 Å². The van der Waals surface area contributed by atoms with E-state index < -0.39 is 37.3 Å². The predicted molar refractivity (Wildman–Crippen MR) is 188 cm³/mol. The maximum Gasteiger partial charge on any atom is 0.220 e. The van der Waals surface area contributed by atoms with E-state index in [-0.39, 0.29) is 59.7 Å². The summed E-state index contributed by atoms with van der Waals surface area (Å²) in [6.07, 6.45) is 3.91. The fourth-order valence-electron chi connectivity index (χ4n) is 8.69. The second-order valence-electron chi connectivity index (χ2n) is 15.4. The SMILES string of the molecule is CNC(=O)CC1CCN(C2NC(SC3CCC(S(=O)(=O)C(C)(C)C4CCCC([N+](=O)[O-])C4)CC3F)NC(NC3CC(C)NN3)C2OC)CC1. The number of nitro groups is 1. The summed E-state index contributed by atoms with van der Waals surface area (Å²) >= 11 is 1.48. The molecule has 0 spiro atoms. The third kappa shape index (κ3) is 9.07. The van der Waals surface area contributed by atoms with E-state index in [1.165, 1.54) is 11.8 Å². The number of thioether (sulfide) groups is 1. The van der Waals surface area contributed by atoms with Gasteiger partial charge in [0, 0.05) is 49.6 Å². The predicted octanol–water partition coefficient (Wildman–Crippen LogP) is 1.80. The molecular formula is C32H59FN8O6S2. The number of ether oxygens (including phenoxy) is 1. The highest BCUT2D eigenvalue weighted by Gasteiger charge is 2.51. The number of carbonyl (C=O) groups is 1. The first kappa shape index (κ1) is 39.0. The Bertz CT molecular complexity index is 1240. The van der Waals surface area contributed by atoms with E-state index in [0.717, 1.165) is 32.4 Å². The van der Waals surface area contributed by atoms with Crippen LogP contribution in [0, 0.1) is 22.0 Å². The molecule has 11 atom stereocenters. The molecule has 49 heavy (non-hydrogen) atoms. The largest absolute Gasteiger partial charge is 0.375 e. The number of likely N-dealkylation sites (tertiary alicyclic amines) is 1. The number of piperidine rings is 1. The van der Waals surface area contributed by atoms with Gasteiger partial charge in [0.05, 0.1) is 28.5 Å². The molecule has 0 aromatic heterocycles. The van der Waals surface area contributed by atoms with E-state index in [4.69, 9.17) is 4.74 Å². The first-order chi connectivity index (χ1) is 23.2.